The highest BCUT2D eigenvalue weighted by atomic mass is 16.3. The fourth-order valence-electron chi connectivity index (χ4n) is 1.64. The summed E-state index contributed by atoms with van der Waals surface area (Å²) < 4.78 is 0. The van der Waals surface area contributed by atoms with Crippen LogP contribution in [0.15, 0.2) is 24.3 Å². The summed E-state index contributed by atoms with van der Waals surface area (Å²) >= 11 is 0. The molecule has 0 saturated carbocycles. The maximum absolute atomic E-state index is 9.49. The van der Waals surface area contributed by atoms with Crippen LogP contribution in [0.2, 0.25) is 0 Å². The third kappa shape index (κ3) is 3.05. The molecule has 0 fully saturated rings. The smallest absolute Gasteiger partial charge is 0.0652 e. The zero-order valence-electron chi connectivity index (χ0n) is 9.88. The van der Waals surface area contributed by atoms with E-state index in [1.165, 1.54) is 5.56 Å². The van der Waals surface area contributed by atoms with Gasteiger partial charge >= 0.3 is 0 Å². The van der Waals surface area contributed by atoms with Crippen LogP contribution in [0, 0.1) is 6.92 Å². The molecule has 0 heterocycles. The van der Waals surface area contributed by atoms with Crippen molar-refractivity contribution in [3.05, 3.63) is 35.4 Å². The maximum Gasteiger partial charge on any atom is 0.0652 e. The SMILES string of the molecule is CCCNC(C)(CO)c1cccc(C)c1. The topological polar surface area (TPSA) is 32.3 Å². The van der Waals surface area contributed by atoms with Crippen molar-refractivity contribution in [1.29, 1.82) is 0 Å². The number of rotatable bonds is 5. The zero-order chi connectivity index (χ0) is 11.3. The van der Waals surface area contributed by atoms with Gasteiger partial charge in [0.05, 0.1) is 12.1 Å². The van der Waals surface area contributed by atoms with Crippen molar-refractivity contribution in [3.63, 3.8) is 0 Å². The van der Waals surface area contributed by atoms with Crippen LogP contribution >= 0.6 is 0 Å². The number of nitrogens with one attached hydrogen (secondary N) is 1. The molecule has 1 aromatic carbocycles. The van der Waals surface area contributed by atoms with Gasteiger partial charge in [-0.1, -0.05) is 36.8 Å². The fourth-order valence-corrected chi connectivity index (χ4v) is 1.64. The summed E-state index contributed by atoms with van der Waals surface area (Å²) in [6, 6.07) is 8.29. The van der Waals surface area contributed by atoms with Gasteiger partial charge in [0.15, 0.2) is 0 Å². The lowest BCUT2D eigenvalue weighted by Gasteiger charge is -2.29. The molecule has 0 aliphatic heterocycles. The van der Waals surface area contributed by atoms with E-state index in [2.05, 4.69) is 37.4 Å². The second kappa shape index (κ2) is 5.29. The molecule has 2 nitrogen and oxygen atoms in total. The van der Waals surface area contributed by atoms with Gasteiger partial charge in [-0.25, -0.2) is 0 Å². The Morgan fingerprint density at radius 3 is 2.67 bits per heavy atom. The molecular formula is C13H21NO. The van der Waals surface area contributed by atoms with Gasteiger partial charge in [-0.05, 0) is 32.4 Å². The van der Waals surface area contributed by atoms with Crippen LogP contribution in [0.3, 0.4) is 0 Å². The first-order valence-electron chi connectivity index (χ1n) is 5.55. The minimum Gasteiger partial charge on any atom is -0.394 e. The van der Waals surface area contributed by atoms with E-state index >= 15 is 0 Å². The standard InChI is InChI=1S/C13H21NO/c1-4-8-14-13(3,10-15)12-7-5-6-11(2)9-12/h5-7,9,14-15H,4,8,10H2,1-3H3. The molecule has 1 rings (SSSR count). The Kier molecular flexibility index (Phi) is 4.30. The second-order valence-corrected chi connectivity index (χ2v) is 4.29. The van der Waals surface area contributed by atoms with E-state index in [1.54, 1.807) is 0 Å². The molecule has 0 aliphatic rings. The molecule has 2 N–H and O–H groups in total. The molecule has 15 heavy (non-hydrogen) atoms. The Hall–Kier alpha value is -0.860. The number of aliphatic hydroxyl groups excluding tert-OH is 1. The number of aryl methyl sites for hydroxylation is 1. The Bertz CT molecular complexity index is 311. The summed E-state index contributed by atoms with van der Waals surface area (Å²) in [7, 11) is 0. The van der Waals surface area contributed by atoms with Crippen molar-refractivity contribution in [3.8, 4) is 0 Å². The van der Waals surface area contributed by atoms with Crippen molar-refractivity contribution in [2.45, 2.75) is 32.7 Å². The van der Waals surface area contributed by atoms with E-state index in [9.17, 15) is 5.11 Å². The molecule has 1 atom stereocenters. The van der Waals surface area contributed by atoms with Gasteiger partial charge in [0, 0.05) is 0 Å². The first kappa shape index (κ1) is 12.2. The van der Waals surface area contributed by atoms with Gasteiger partial charge in [0.1, 0.15) is 0 Å². The predicted octanol–water partition coefficient (Wildman–Crippen LogP) is 2.20. The molecule has 0 amide bonds. The highest BCUT2D eigenvalue weighted by molar-refractivity contribution is 5.28. The third-order valence-electron chi connectivity index (χ3n) is 2.74. The van der Waals surface area contributed by atoms with E-state index < -0.39 is 0 Å². The molecule has 2 heteroatoms. The van der Waals surface area contributed by atoms with Gasteiger partial charge in [0.25, 0.3) is 0 Å². The molecule has 0 saturated heterocycles. The normalized spacial score (nSPS) is 14.9. The number of hydrogen-bond donors (Lipinski definition) is 2. The van der Waals surface area contributed by atoms with Crippen molar-refractivity contribution in [1.82, 2.24) is 5.32 Å². The van der Waals surface area contributed by atoms with Gasteiger partial charge in [-0.3, -0.25) is 0 Å². The molecular weight excluding hydrogens is 186 g/mol. The Labute approximate surface area is 92.3 Å². The van der Waals surface area contributed by atoms with Crippen LogP contribution in [-0.2, 0) is 5.54 Å². The van der Waals surface area contributed by atoms with Crippen LogP contribution in [0.1, 0.15) is 31.4 Å². The van der Waals surface area contributed by atoms with E-state index in [0.29, 0.717) is 0 Å². The summed E-state index contributed by atoms with van der Waals surface area (Å²) in [5.74, 6) is 0. The first-order chi connectivity index (χ1) is 7.12. The third-order valence-corrected chi connectivity index (χ3v) is 2.74. The van der Waals surface area contributed by atoms with Crippen molar-refractivity contribution in [2.75, 3.05) is 13.2 Å². The Balaban J connectivity index is 2.89. The van der Waals surface area contributed by atoms with Crippen LogP contribution in [0.4, 0.5) is 0 Å². The van der Waals surface area contributed by atoms with Gasteiger partial charge in [-0.15, -0.1) is 0 Å². The average molecular weight is 207 g/mol. The van der Waals surface area contributed by atoms with Crippen LogP contribution in [0.5, 0.6) is 0 Å². The lowest BCUT2D eigenvalue weighted by atomic mass is 9.91. The van der Waals surface area contributed by atoms with Crippen LogP contribution < -0.4 is 5.32 Å². The molecule has 0 aromatic heterocycles. The fraction of sp³-hybridized carbons (Fsp3) is 0.538. The molecule has 0 spiro atoms. The highest BCUT2D eigenvalue weighted by Crippen LogP contribution is 2.20. The van der Waals surface area contributed by atoms with Crippen molar-refractivity contribution >= 4 is 0 Å². The molecule has 1 aromatic rings. The van der Waals surface area contributed by atoms with Gasteiger partial charge < -0.3 is 10.4 Å². The molecule has 0 aliphatic carbocycles. The van der Waals surface area contributed by atoms with E-state index in [0.717, 1.165) is 18.5 Å². The average Bonchev–Trinajstić information content (AvgIpc) is 2.26. The minimum atomic E-state index is -0.317. The van der Waals surface area contributed by atoms with Crippen molar-refractivity contribution in [2.24, 2.45) is 0 Å². The van der Waals surface area contributed by atoms with Gasteiger partial charge in [0.2, 0.25) is 0 Å². The zero-order valence-corrected chi connectivity index (χ0v) is 9.88. The minimum absolute atomic E-state index is 0.121. The van der Waals surface area contributed by atoms with Crippen LogP contribution in [-0.4, -0.2) is 18.3 Å². The molecule has 0 bridgehead atoms. The summed E-state index contributed by atoms with van der Waals surface area (Å²) in [6.07, 6.45) is 1.07. The molecule has 0 radical (unpaired) electrons. The second-order valence-electron chi connectivity index (χ2n) is 4.29. The lowest BCUT2D eigenvalue weighted by molar-refractivity contribution is 0.175. The first-order valence-corrected chi connectivity index (χ1v) is 5.55. The summed E-state index contributed by atoms with van der Waals surface area (Å²) in [5, 5.41) is 12.9. The summed E-state index contributed by atoms with van der Waals surface area (Å²) in [6.45, 7) is 7.28. The monoisotopic (exact) mass is 207 g/mol. The Morgan fingerprint density at radius 1 is 1.40 bits per heavy atom. The van der Waals surface area contributed by atoms with E-state index in [-0.39, 0.29) is 12.1 Å². The maximum atomic E-state index is 9.49. The van der Waals surface area contributed by atoms with Gasteiger partial charge in [-0.2, -0.15) is 0 Å². The number of aliphatic hydroxyl groups is 1. The summed E-state index contributed by atoms with van der Waals surface area (Å²) in [5.41, 5.74) is 2.06. The summed E-state index contributed by atoms with van der Waals surface area (Å²) in [4.78, 5) is 0. The largest absolute Gasteiger partial charge is 0.394 e. The quantitative estimate of drug-likeness (QED) is 0.776. The Morgan fingerprint density at radius 2 is 2.13 bits per heavy atom. The predicted molar refractivity (Wildman–Crippen MR) is 63.9 cm³/mol. The van der Waals surface area contributed by atoms with E-state index in [4.69, 9.17) is 0 Å². The lowest BCUT2D eigenvalue weighted by Crippen LogP contribution is -2.43. The highest BCUT2D eigenvalue weighted by Gasteiger charge is 2.24. The van der Waals surface area contributed by atoms with E-state index in [1.807, 2.05) is 13.0 Å². The number of benzene rings is 1. The van der Waals surface area contributed by atoms with Crippen molar-refractivity contribution < 1.29 is 5.11 Å². The van der Waals surface area contributed by atoms with Crippen LogP contribution in [0.25, 0.3) is 0 Å². The number of hydrogen-bond acceptors (Lipinski definition) is 2. The molecule has 1 unspecified atom stereocenters. The molecule has 84 valence electrons.